The van der Waals surface area contributed by atoms with Crippen LogP contribution in [0.15, 0.2) is 54.6 Å². The first-order chi connectivity index (χ1) is 12.2. The van der Waals surface area contributed by atoms with Crippen molar-refractivity contribution in [2.24, 2.45) is 0 Å². The third-order valence-corrected chi connectivity index (χ3v) is 3.97. The Balaban J connectivity index is 1.55. The Hall–Kier alpha value is -3.33. The van der Waals surface area contributed by atoms with E-state index in [4.69, 9.17) is 10.00 Å². The zero-order valence-electron chi connectivity index (χ0n) is 13.5. The van der Waals surface area contributed by atoms with Crippen molar-refractivity contribution in [1.29, 1.82) is 5.26 Å². The monoisotopic (exact) mass is 335 g/mol. The minimum absolute atomic E-state index is 0.128. The van der Waals surface area contributed by atoms with E-state index in [9.17, 15) is 9.59 Å². The summed E-state index contributed by atoms with van der Waals surface area (Å²) in [6.07, 6.45) is 0.550. The number of carbonyl (C=O) groups excluding carboxylic acids is 2. The van der Waals surface area contributed by atoms with Crippen LogP contribution in [0, 0.1) is 11.3 Å². The highest BCUT2D eigenvalue weighted by molar-refractivity contribution is 6.01. The first-order valence-corrected chi connectivity index (χ1v) is 7.97. The van der Waals surface area contributed by atoms with Crippen LogP contribution in [0.4, 0.5) is 5.69 Å². The normalized spacial score (nSPS) is 16.4. The summed E-state index contributed by atoms with van der Waals surface area (Å²) in [4.78, 5) is 26.2. The van der Waals surface area contributed by atoms with Crippen molar-refractivity contribution in [3.05, 3.63) is 60.2 Å². The van der Waals surface area contributed by atoms with E-state index in [-0.39, 0.29) is 18.4 Å². The predicted octanol–water partition coefficient (Wildman–Crippen LogP) is 1.86. The number of amides is 2. The lowest BCUT2D eigenvalue weighted by molar-refractivity contribution is -0.127. The molecule has 1 fully saturated rings. The van der Waals surface area contributed by atoms with Crippen LogP contribution < -0.4 is 15.0 Å². The van der Waals surface area contributed by atoms with Crippen molar-refractivity contribution in [1.82, 2.24) is 5.32 Å². The second kappa shape index (κ2) is 7.49. The Kier molecular flexibility index (Phi) is 4.95. The van der Waals surface area contributed by atoms with Gasteiger partial charge in [0.15, 0.2) is 6.61 Å². The van der Waals surface area contributed by atoms with Gasteiger partial charge in [-0.25, -0.2) is 0 Å². The van der Waals surface area contributed by atoms with Gasteiger partial charge in [0, 0.05) is 12.2 Å². The molecule has 2 aromatic rings. The average Bonchev–Trinajstić information content (AvgIpc) is 3.01. The maximum atomic E-state index is 12.4. The quantitative estimate of drug-likeness (QED) is 0.904. The van der Waals surface area contributed by atoms with E-state index in [1.807, 2.05) is 36.4 Å². The molecule has 1 aliphatic rings. The number of para-hydroxylation sites is 2. The molecule has 2 aromatic carbocycles. The van der Waals surface area contributed by atoms with Crippen molar-refractivity contribution >= 4 is 17.5 Å². The number of nitrogens with one attached hydrogen (secondary N) is 1. The highest BCUT2D eigenvalue weighted by Crippen LogP contribution is 2.21. The van der Waals surface area contributed by atoms with Crippen LogP contribution in [0.2, 0.25) is 0 Å². The molecule has 0 spiro atoms. The molecule has 0 unspecified atom stereocenters. The number of anilines is 1. The number of hydrogen-bond acceptors (Lipinski definition) is 4. The molecule has 126 valence electrons. The van der Waals surface area contributed by atoms with Gasteiger partial charge in [-0.15, -0.1) is 0 Å². The van der Waals surface area contributed by atoms with Gasteiger partial charge in [0.25, 0.3) is 5.91 Å². The molecule has 6 heteroatoms. The van der Waals surface area contributed by atoms with Gasteiger partial charge in [-0.05, 0) is 30.7 Å². The minimum atomic E-state index is -0.553. The van der Waals surface area contributed by atoms with Crippen LogP contribution in [0.3, 0.4) is 0 Å². The smallest absolute Gasteiger partial charge is 0.258 e. The lowest BCUT2D eigenvalue weighted by atomic mass is 10.2. The zero-order valence-corrected chi connectivity index (χ0v) is 13.5. The fraction of sp³-hybridized carbons (Fsp3) is 0.211. The number of nitrogens with zero attached hydrogens (tertiary/aromatic N) is 2. The molecule has 25 heavy (non-hydrogen) atoms. The first kappa shape index (κ1) is 16.5. The lowest BCUT2D eigenvalue weighted by Gasteiger charge is -2.17. The molecule has 0 aromatic heterocycles. The third kappa shape index (κ3) is 3.78. The maximum absolute atomic E-state index is 12.4. The average molecular weight is 335 g/mol. The Labute approximate surface area is 145 Å². The van der Waals surface area contributed by atoms with Gasteiger partial charge in [0.2, 0.25) is 5.91 Å². The first-order valence-electron chi connectivity index (χ1n) is 7.97. The molecule has 0 aliphatic carbocycles. The van der Waals surface area contributed by atoms with Gasteiger partial charge >= 0.3 is 0 Å². The van der Waals surface area contributed by atoms with Crippen molar-refractivity contribution in [3.63, 3.8) is 0 Å². The number of ether oxygens (including phenoxy) is 1. The highest BCUT2D eigenvalue weighted by atomic mass is 16.5. The van der Waals surface area contributed by atoms with Crippen LogP contribution in [0.25, 0.3) is 0 Å². The summed E-state index contributed by atoms with van der Waals surface area (Å²) in [5, 5.41) is 11.7. The third-order valence-electron chi connectivity index (χ3n) is 3.97. The van der Waals surface area contributed by atoms with Crippen LogP contribution in [-0.4, -0.2) is 31.0 Å². The topological polar surface area (TPSA) is 82.4 Å². The second-order valence-electron chi connectivity index (χ2n) is 5.63. The van der Waals surface area contributed by atoms with Gasteiger partial charge in [0.1, 0.15) is 17.9 Å². The SMILES string of the molecule is N#Cc1ccccc1OCC(=O)N[C@H]1CCN(c2ccccc2)C1=O. The minimum Gasteiger partial charge on any atom is -0.482 e. The Bertz CT molecular complexity index is 814. The molecule has 1 N–H and O–H groups in total. The van der Waals surface area contributed by atoms with Gasteiger partial charge < -0.3 is 15.0 Å². The van der Waals surface area contributed by atoms with Crippen LogP contribution in [0.1, 0.15) is 12.0 Å². The lowest BCUT2D eigenvalue weighted by Crippen LogP contribution is -2.43. The summed E-state index contributed by atoms with van der Waals surface area (Å²) in [5.74, 6) is -0.165. The molecule has 1 saturated heterocycles. The number of rotatable bonds is 5. The van der Waals surface area contributed by atoms with Crippen molar-refractivity contribution in [3.8, 4) is 11.8 Å². The van der Waals surface area contributed by atoms with E-state index in [1.165, 1.54) is 0 Å². The second-order valence-corrected chi connectivity index (χ2v) is 5.63. The molecular weight excluding hydrogens is 318 g/mol. The standard InChI is InChI=1S/C19H17N3O3/c20-12-14-6-4-5-9-17(14)25-13-18(23)21-16-10-11-22(19(16)24)15-7-2-1-3-8-15/h1-9,16H,10-11,13H2,(H,21,23)/t16-/m0/s1. The van der Waals surface area contributed by atoms with Crippen molar-refractivity contribution < 1.29 is 14.3 Å². The Morgan fingerprint density at radius 3 is 2.68 bits per heavy atom. The summed E-state index contributed by atoms with van der Waals surface area (Å²) >= 11 is 0. The number of benzene rings is 2. The molecule has 0 radical (unpaired) electrons. The largest absolute Gasteiger partial charge is 0.482 e. The van der Waals surface area contributed by atoms with Gasteiger partial charge in [-0.3, -0.25) is 9.59 Å². The van der Waals surface area contributed by atoms with E-state index < -0.39 is 6.04 Å². The van der Waals surface area contributed by atoms with E-state index in [1.54, 1.807) is 29.2 Å². The summed E-state index contributed by atoms with van der Waals surface area (Å²) in [6, 6.07) is 17.5. The molecule has 1 heterocycles. The van der Waals surface area contributed by atoms with Gasteiger partial charge in [-0.1, -0.05) is 30.3 Å². The molecule has 2 amide bonds. The molecule has 3 rings (SSSR count). The van der Waals surface area contributed by atoms with Gasteiger partial charge in [-0.2, -0.15) is 5.26 Å². The van der Waals surface area contributed by atoms with Crippen LogP contribution in [-0.2, 0) is 9.59 Å². The van der Waals surface area contributed by atoms with Crippen LogP contribution >= 0.6 is 0 Å². The summed E-state index contributed by atoms with van der Waals surface area (Å²) < 4.78 is 5.39. The number of carbonyl (C=O) groups is 2. The molecule has 1 atom stereocenters. The van der Waals surface area contributed by atoms with Crippen molar-refractivity contribution in [2.75, 3.05) is 18.1 Å². The van der Waals surface area contributed by atoms with E-state index in [0.29, 0.717) is 24.3 Å². The van der Waals surface area contributed by atoms with Gasteiger partial charge in [0.05, 0.1) is 5.56 Å². The molecule has 1 aliphatic heterocycles. The summed E-state index contributed by atoms with van der Waals surface area (Å²) in [5.41, 5.74) is 1.19. The van der Waals surface area contributed by atoms with Crippen molar-refractivity contribution in [2.45, 2.75) is 12.5 Å². The van der Waals surface area contributed by atoms with E-state index in [2.05, 4.69) is 5.32 Å². The Morgan fingerprint density at radius 1 is 1.20 bits per heavy atom. The van der Waals surface area contributed by atoms with E-state index in [0.717, 1.165) is 5.69 Å². The number of nitriles is 1. The maximum Gasteiger partial charge on any atom is 0.258 e. The van der Waals surface area contributed by atoms with E-state index >= 15 is 0 Å². The summed E-state index contributed by atoms with van der Waals surface area (Å²) in [6.45, 7) is 0.319. The molecule has 0 saturated carbocycles. The highest BCUT2D eigenvalue weighted by Gasteiger charge is 2.33. The van der Waals surface area contributed by atoms with Crippen LogP contribution in [0.5, 0.6) is 5.75 Å². The molecular formula is C19H17N3O3. The molecule has 6 nitrogen and oxygen atoms in total. The molecule has 0 bridgehead atoms. The zero-order chi connectivity index (χ0) is 17.6. The number of hydrogen-bond donors (Lipinski definition) is 1. The Morgan fingerprint density at radius 2 is 1.92 bits per heavy atom. The predicted molar refractivity (Wildman–Crippen MR) is 92.0 cm³/mol. The summed E-state index contributed by atoms with van der Waals surface area (Å²) in [7, 11) is 0. The fourth-order valence-corrected chi connectivity index (χ4v) is 2.74. The fourth-order valence-electron chi connectivity index (χ4n) is 2.74.